The van der Waals surface area contributed by atoms with Gasteiger partial charge < -0.3 is 4.57 Å². The lowest BCUT2D eigenvalue weighted by molar-refractivity contribution is 0.101. The Labute approximate surface area is 97.6 Å². The van der Waals surface area contributed by atoms with Gasteiger partial charge in [-0.3, -0.25) is 4.79 Å². The number of carbonyl (C=O) groups excluding carboxylic acids is 1. The molecular formula is C12H11ClFNO. The van der Waals surface area contributed by atoms with Crippen molar-refractivity contribution in [3.8, 4) is 0 Å². The first-order valence-corrected chi connectivity index (χ1v) is 5.36. The molecule has 0 aliphatic heterocycles. The Bertz CT molecular complexity index is 547. The van der Waals surface area contributed by atoms with Gasteiger partial charge in [0.1, 0.15) is 6.67 Å². The molecule has 0 aliphatic rings. The molecule has 1 heterocycles. The Morgan fingerprint density at radius 3 is 2.88 bits per heavy atom. The number of fused-ring (bicyclic) bond motifs is 1. The van der Waals surface area contributed by atoms with Gasteiger partial charge in [-0.1, -0.05) is 11.6 Å². The van der Waals surface area contributed by atoms with E-state index < -0.39 is 6.67 Å². The van der Waals surface area contributed by atoms with Gasteiger partial charge in [-0.25, -0.2) is 4.39 Å². The van der Waals surface area contributed by atoms with Gasteiger partial charge >= 0.3 is 0 Å². The Kier molecular flexibility index (Phi) is 2.97. The average Bonchev–Trinajstić information content (AvgIpc) is 2.57. The molecule has 0 aliphatic carbocycles. The molecule has 1 aromatic carbocycles. The van der Waals surface area contributed by atoms with Crippen LogP contribution in [0.3, 0.4) is 0 Å². The predicted octanol–water partition coefficient (Wildman–Crippen LogP) is 3.47. The minimum Gasteiger partial charge on any atom is -0.344 e. The van der Waals surface area contributed by atoms with Crippen LogP contribution in [0.25, 0.3) is 10.9 Å². The molecule has 0 bridgehead atoms. The van der Waals surface area contributed by atoms with E-state index in [9.17, 15) is 9.18 Å². The van der Waals surface area contributed by atoms with Gasteiger partial charge in [0, 0.05) is 27.7 Å². The molecular weight excluding hydrogens is 229 g/mol. The van der Waals surface area contributed by atoms with Crippen molar-refractivity contribution >= 4 is 28.3 Å². The molecule has 0 amide bonds. The van der Waals surface area contributed by atoms with Crippen LogP contribution in [0, 0.1) is 0 Å². The van der Waals surface area contributed by atoms with Crippen LogP contribution in [0.15, 0.2) is 24.4 Å². The second kappa shape index (κ2) is 4.26. The number of carbonyl (C=O) groups is 1. The van der Waals surface area contributed by atoms with Crippen molar-refractivity contribution < 1.29 is 9.18 Å². The highest BCUT2D eigenvalue weighted by Gasteiger charge is 2.11. The first-order chi connectivity index (χ1) is 7.63. The molecule has 4 heteroatoms. The zero-order chi connectivity index (χ0) is 11.7. The maximum atomic E-state index is 12.4. The number of alkyl halides is 1. The van der Waals surface area contributed by atoms with E-state index in [1.54, 1.807) is 29.0 Å². The summed E-state index contributed by atoms with van der Waals surface area (Å²) in [5, 5.41) is 1.36. The third kappa shape index (κ3) is 1.83. The van der Waals surface area contributed by atoms with Crippen molar-refractivity contribution in [1.82, 2.24) is 4.57 Å². The highest BCUT2D eigenvalue weighted by atomic mass is 35.5. The highest BCUT2D eigenvalue weighted by molar-refractivity contribution is 6.31. The normalized spacial score (nSPS) is 10.9. The van der Waals surface area contributed by atoms with Crippen LogP contribution in [-0.4, -0.2) is 17.0 Å². The monoisotopic (exact) mass is 239 g/mol. The van der Waals surface area contributed by atoms with Crippen LogP contribution < -0.4 is 0 Å². The Hall–Kier alpha value is -1.35. The summed E-state index contributed by atoms with van der Waals surface area (Å²) in [6.45, 7) is 1.30. The van der Waals surface area contributed by atoms with E-state index in [1.165, 1.54) is 6.92 Å². The highest BCUT2D eigenvalue weighted by Crippen LogP contribution is 2.25. The molecule has 0 radical (unpaired) electrons. The number of nitrogens with zero attached hydrogens (tertiary/aromatic N) is 1. The number of hydrogen-bond donors (Lipinski definition) is 0. The molecule has 0 saturated heterocycles. The molecule has 0 unspecified atom stereocenters. The van der Waals surface area contributed by atoms with Crippen molar-refractivity contribution in [1.29, 1.82) is 0 Å². The van der Waals surface area contributed by atoms with E-state index in [0.717, 1.165) is 10.9 Å². The molecule has 1 aromatic heterocycles. The molecule has 84 valence electrons. The molecule has 16 heavy (non-hydrogen) atoms. The van der Waals surface area contributed by atoms with Gasteiger partial charge in [0.05, 0.1) is 6.54 Å². The molecule has 0 fully saturated rings. The van der Waals surface area contributed by atoms with Crippen molar-refractivity contribution in [2.45, 2.75) is 13.5 Å². The third-order valence-corrected chi connectivity index (χ3v) is 2.78. The lowest BCUT2D eigenvalue weighted by atomic mass is 10.1. The number of aromatic nitrogens is 1. The van der Waals surface area contributed by atoms with E-state index in [0.29, 0.717) is 10.6 Å². The van der Waals surface area contributed by atoms with Gasteiger partial charge in [-0.05, 0) is 25.1 Å². The van der Waals surface area contributed by atoms with Crippen molar-refractivity contribution in [3.63, 3.8) is 0 Å². The lowest BCUT2D eigenvalue weighted by Crippen LogP contribution is -1.97. The summed E-state index contributed by atoms with van der Waals surface area (Å²) in [6.07, 6.45) is 1.68. The maximum absolute atomic E-state index is 12.4. The largest absolute Gasteiger partial charge is 0.344 e. The lowest BCUT2D eigenvalue weighted by Gasteiger charge is -2.00. The van der Waals surface area contributed by atoms with Crippen LogP contribution in [0.4, 0.5) is 4.39 Å². The Morgan fingerprint density at radius 1 is 1.50 bits per heavy atom. The minimum absolute atomic E-state index is 0.0372. The van der Waals surface area contributed by atoms with Gasteiger partial charge in [0.15, 0.2) is 5.78 Å². The van der Waals surface area contributed by atoms with Crippen LogP contribution >= 0.6 is 11.6 Å². The van der Waals surface area contributed by atoms with E-state index in [4.69, 9.17) is 11.6 Å². The summed E-state index contributed by atoms with van der Waals surface area (Å²) < 4.78 is 14.1. The Morgan fingerprint density at radius 2 is 2.25 bits per heavy atom. The second-order valence-electron chi connectivity index (χ2n) is 3.64. The molecule has 0 N–H and O–H groups in total. The number of rotatable bonds is 3. The first-order valence-electron chi connectivity index (χ1n) is 4.99. The van der Waals surface area contributed by atoms with Gasteiger partial charge in [-0.15, -0.1) is 0 Å². The predicted molar refractivity (Wildman–Crippen MR) is 62.9 cm³/mol. The number of aryl methyl sites for hydroxylation is 1. The van der Waals surface area contributed by atoms with Crippen LogP contribution in [0.2, 0.25) is 5.02 Å². The topological polar surface area (TPSA) is 22.0 Å². The summed E-state index contributed by atoms with van der Waals surface area (Å²) >= 11 is 5.89. The van der Waals surface area contributed by atoms with Gasteiger partial charge in [0.2, 0.25) is 0 Å². The van der Waals surface area contributed by atoms with E-state index in [1.807, 2.05) is 0 Å². The number of halogens is 2. The summed E-state index contributed by atoms with van der Waals surface area (Å²) in [5.74, 6) is -0.0372. The first kappa shape index (κ1) is 11.1. The number of benzene rings is 1. The minimum atomic E-state index is -0.455. The van der Waals surface area contributed by atoms with Crippen molar-refractivity contribution in [3.05, 3.63) is 35.0 Å². The summed E-state index contributed by atoms with van der Waals surface area (Å²) in [5.41, 5.74) is 1.43. The molecule has 2 rings (SSSR count). The fourth-order valence-corrected chi connectivity index (χ4v) is 2.00. The van der Waals surface area contributed by atoms with Crippen molar-refractivity contribution in [2.24, 2.45) is 0 Å². The second-order valence-corrected chi connectivity index (χ2v) is 4.08. The standard InChI is InChI=1S/C12H11ClFNO/c1-8(16)11-7-15(5-4-14)12-3-2-9(13)6-10(11)12/h2-3,6-7H,4-5H2,1H3. The molecule has 0 spiro atoms. The van der Waals surface area contributed by atoms with Gasteiger partial charge in [0.25, 0.3) is 0 Å². The number of hydrogen-bond acceptors (Lipinski definition) is 1. The quantitative estimate of drug-likeness (QED) is 0.752. The average molecular weight is 240 g/mol. The summed E-state index contributed by atoms with van der Waals surface area (Å²) in [7, 11) is 0. The number of Topliss-reactive ketones (excluding diaryl/α,β-unsaturated/α-hetero) is 1. The smallest absolute Gasteiger partial charge is 0.161 e. The SMILES string of the molecule is CC(=O)c1cn(CCF)c2ccc(Cl)cc12. The zero-order valence-electron chi connectivity index (χ0n) is 8.84. The molecule has 2 aromatic rings. The van der Waals surface area contributed by atoms with Crippen LogP contribution in [-0.2, 0) is 6.54 Å². The third-order valence-electron chi connectivity index (χ3n) is 2.55. The van der Waals surface area contributed by atoms with Crippen LogP contribution in [0.5, 0.6) is 0 Å². The van der Waals surface area contributed by atoms with Crippen molar-refractivity contribution in [2.75, 3.05) is 6.67 Å². The van der Waals surface area contributed by atoms with E-state index in [2.05, 4.69) is 0 Å². The summed E-state index contributed by atoms with van der Waals surface area (Å²) in [6, 6.07) is 5.28. The zero-order valence-corrected chi connectivity index (χ0v) is 9.59. The fraction of sp³-hybridized carbons (Fsp3) is 0.250. The number of ketones is 1. The molecule has 2 nitrogen and oxygen atoms in total. The summed E-state index contributed by atoms with van der Waals surface area (Å²) in [4.78, 5) is 11.4. The molecule has 0 atom stereocenters. The van der Waals surface area contributed by atoms with Crippen LogP contribution in [0.1, 0.15) is 17.3 Å². The Balaban J connectivity index is 2.71. The van der Waals surface area contributed by atoms with E-state index >= 15 is 0 Å². The molecule has 0 saturated carbocycles. The maximum Gasteiger partial charge on any atom is 0.161 e. The van der Waals surface area contributed by atoms with Gasteiger partial charge in [-0.2, -0.15) is 0 Å². The van der Waals surface area contributed by atoms with E-state index in [-0.39, 0.29) is 12.3 Å². The fourth-order valence-electron chi connectivity index (χ4n) is 1.83.